The molecule has 3 heteroatoms. The maximum Gasteiger partial charge on any atom is 0.129 e. The number of hydrogen-bond donors (Lipinski definition) is 1. The van der Waals surface area contributed by atoms with Gasteiger partial charge in [0.25, 0.3) is 0 Å². The molecule has 0 saturated carbocycles. The van der Waals surface area contributed by atoms with E-state index in [9.17, 15) is 0 Å². The quantitative estimate of drug-likeness (QED) is 0.753. The molecule has 0 spiro atoms. The molecule has 2 heterocycles. The van der Waals surface area contributed by atoms with Gasteiger partial charge in [-0.2, -0.15) is 0 Å². The molecule has 3 nitrogen and oxygen atoms in total. The highest BCUT2D eigenvalue weighted by molar-refractivity contribution is 5.42. The minimum absolute atomic E-state index is 1.06. The number of anilines is 1. The van der Waals surface area contributed by atoms with Crippen molar-refractivity contribution in [3.05, 3.63) is 23.4 Å². The van der Waals surface area contributed by atoms with E-state index in [0.717, 1.165) is 37.7 Å². The molecule has 0 unspecified atom stereocenters. The summed E-state index contributed by atoms with van der Waals surface area (Å²) in [6, 6.07) is 4.30. The lowest BCUT2D eigenvalue weighted by Crippen LogP contribution is -2.28. The summed E-state index contributed by atoms with van der Waals surface area (Å²) in [5.41, 5.74) is 2.41. The first kappa shape index (κ1) is 10.4. The first-order valence-corrected chi connectivity index (χ1v) is 5.67. The van der Waals surface area contributed by atoms with E-state index in [1.165, 1.54) is 12.0 Å². The zero-order valence-corrected chi connectivity index (χ0v) is 9.58. The van der Waals surface area contributed by atoms with E-state index in [1.54, 1.807) is 0 Å². The van der Waals surface area contributed by atoms with Crippen LogP contribution >= 0.6 is 0 Å². The molecule has 1 aromatic heterocycles. The normalized spacial score (nSPS) is 17.6. The molecule has 1 N–H and O–H groups in total. The minimum atomic E-state index is 1.06. The molecule has 0 aromatic carbocycles. The largest absolute Gasteiger partial charge is 0.355 e. The summed E-state index contributed by atoms with van der Waals surface area (Å²) < 4.78 is 0. The van der Waals surface area contributed by atoms with Gasteiger partial charge in [0, 0.05) is 25.3 Å². The predicted octanol–water partition coefficient (Wildman–Crippen LogP) is 1.50. The van der Waals surface area contributed by atoms with Crippen molar-refractivity contribution in [2.24, 2.45) is 0 Å². The summed E-state index contributed by atoms with van der Waals surface area (Å²) in [6.07, 6.45) is 1.20. The Kier molecular flexibility index (Phi) is 3.21. The number of nitrogens with zero attached hydrogens (tertiary/aromatic N) is 2. The lowest BCUT2D eigenvalue weighted by molar-refractivity contribution is 0.724. The molecule has 82 valence electrons. The van der Waals surface area contributed by atoms with Gasteiger partial charge in [0.15, 0.2) is 0 Å². The third kappa shape index (κ3) is 2.69. The fraction of sp³-hybridized carbons (Fsp3) is 0.583. The molecule has 15 heavy (non-hydrogen) atoms. The third-order valence-corrected chi connectivity index (χ3v) is 2.75. The van der Waals surface area contributed by atoms with E-state index in [-0.39, 0.29) is 0 Å². The topological polar surface area (TPSA) is 28.2 Å². The van der Waals surface area contributed by atoms with E-state index in [0.29, 0.717) is 0 Å². The highest BCUT2D eigenvalue weighted by Crippen LogP contribution is 2.15. The second kappa shape index (κ2) is 4.62. The molecule has 0 radical (unpaired) electrons. The zero-order valence-electron chi connectivity index (χ0n) is 9.58. The highest BCUT2D eigenvalue weighted by atomic mass is 15.2. The predicted molar refractivity (Wildman–Crippen MR) is 63.4 cm³/mol. The van der Waals surface area contributed by atoms with Crippen LogP contribution in [0.5, 0.6) is 0 Å². The van der Waals surface area contributed by atoms with Gasteiger partial charge in [0.05, 0.1) is 0 Å². The standard InChI is InChI=1S/C12H19N3/c1-10-8-11(2)14-12(9-10)15-6-3-4-13-5-7-15/h8-9,13H,3-7H2,1-2H3. The fourth-order valence-corrected chi connectivity index (χ4v) is 2.06. The Hall–Kier alpha value is -1.09. The molecular weight excluding hydrogens is 186 g/mol. The monoisotopic (exact) mass is 205 g/mol. The summed E-state index contributed by atoms with van der Waals surface area (Å²) in [6.45, 7) is 8.57. The Bertz CT molecular complexity index is 307. The molecular formula is C12H19N3. The van der Waals surface area contributed by atoms with Crippen LogP contribution in [0.4, 0.5) is 5.82 Å². The van der Waals surface area contributed by atoms with Gasteiger partial charge in [-0.25, -0.2) is 4.98 Å². The van der Waals surface area contributed by atoms with Crippen LogP contribution in [0, 0.1) is 13.8 Å². The first-order valence-electron chi connectivity index (χ1n) is 5.67. The second-order valence-corrected chi connectivity index (χ2v) is 4.23. The van der Waals surface area contributed by atoms with Gasteiger partial charge in [0.1, 0.15) is 5.82 Å². The minimum Gasteiger partial charge on any atom is -0.355 e. The van der Waals surface area contributed by atoms with Crippen LogP contribution in [0.25, 0.3) is 0 Å². The van der Waals surface area contributed by atoms with Gasteiger partial charge < -0.3 is 10.2 Å². The lowest BCUT2D eigenvalue weighted by Gasteiger charge is -2.21. The van der Waals surface area contributed by atoms with E-state index in [4.69, 9.17) is 0 Å². The van der Waals surface area contributed by atoms with E-state index in [2.05, 4.69) is 41.2 Å². The number of hydrogen-bond acceptors (Lipinski definition) is 3. The summed E-state index contributed by atoms with van der Waals surface area (Å²) in [5, 5.41) is 3.41. The van der Waals surface area contributed by atoms with Crippen LogP contribution in [-0.4, -0.2) is 31.2 Å². The molecule has 0 aliphatic carbocycles. The Morgan fingerprint density at radius 1 is 1.20 bits per heavy atom. The molecule has 1 fully saturated rings. The van der Waals surface area contributed by atoms with E-state index in [1.807, 2.05) is 0 Å². The molecule has 1 aliphatic rings. The van der Waals surface area contributed by atoms with Crippen molar-refractivity contribution < 1.29 is 0 Å². The van der Waals surface area contributed by atoms with Crippen LogP contribution in [-0.2, 0) is 0 Å². The van der Waals surface area contributed by atoms with Gasteiger partial charge >= 0.3 is 0 Å². The average molecular weight is 205 g/mol. The second-order valence-electron chi connectivity index (χ2n) is 4.23. The van der Waals surface area contributed by atoms with Crippen LogP contribution in [0.2, 0.25) is 0 Å². The molecule has 2 rings (SSSR count). The van der Waals surface area contributed by atoms with Gasteiger partial charge in [-0.3, -0.25) is 0 Å². The molecule has 1 saturated heterocycles. The molecule has 1 aliphatic heterocycles. The lowest BCUT2D eigenvalue weighted by atomic mass is 10.2. The Morgan fingerprint density at radius 2 is 2.07 bits per heavy atom. The smallest absolute Gasteiger partial charge is 0.129 e. The average Bonchev–Trinajstić information content (AvgIpc) is 2.43. The summed E-state index contributed by atoms with van der Waals surface area (Å²) in [7, 11) is 0. The highest BCUT2D eigenvalue weighted by Gasteiger charge is 2.10. The van der Waals surface area contributed by atoms with Crippen LogP contribution in [0.15, 0.2) is 12.1 Å². The molecule has 0 atom stereocenters. The van der Waals surface area contributed by atoms with Gasteiger partial charge in [-0.1, -0.05) is 0 Å². The van der Waals surface area contributed by atoms with E-state index < -0.39 is 0 Å². The Morgan fingerprint density at radius 3 is 2.87 bits per heavy atom. The summed E-state index contributed by atoms with van der Waals surface area (Å²) in [4.78, 5) is 6.97. The van der Waals surface area contributed by atoms with Gasteiger partial charge in [0.2, 0.25) is 0 Å². The Balaban J connectivity index is 2.19. The first-order chi connectivity index (χ1) is 7.25. The van der Waals surface area contributed by atoms with Crippen molar-refractivity contribution in [1.82, 2.24) is 10.3 Å². The number of pyridine rings is 1. The summed E-state index contributed by atoms with van der Waals surface area (Å²) >= 11 is 0. The van der Waals surface area contributed by atoms with Crippen molar-refractivity contribution in [3.8, 4) is 0 Å². The zero-order chi connectivity index (χ0) is 10.7. The third-order valence-electron chi connectivity index (χ3n) is 2.75. The maximum absolute atomic E-state index is 4.60. The van der Waals surface area contributed by atoms with Crippen molar-refractivity contribution in [3.63, 3.8) is 0 Å². The fourth-order valence-electron chi connectivity index (χ4n) is 2.06. The van der Waals surface area contributed by atoms with Crippen molar-refractivity contribution in [1.29, 1.82) is 0 Å². The van der Waals surface area contributed by atoms with Gasteiger partial charge in [-0.05, 0) is 44.5 Å². The van der Waals surface area contributed by atoms with Crippen LogP contribution < -0.4 is 10.2 Å². The van der Waals surface area contributed by atoms with Crippen molar-refractivity contribution in [2.45, 2.75) is 20.3 Å². The van der Waals surface area contributed by atoms with Crippen LogP contribution in [0.1, 0.15) is 17.7 Å². The molecule has 1 aromatic rings. The van der Waals surface area contributed by atoms with Crippen molar-refractivity contribution in [2.75, 3.05) is 31.1 Å². The number of aryl methyl sites for hydroxylation is 2. The number of rotatable bonds is 1. The van der Waals surface area contributed by atoms with Crippen LogP contribution in [0.3, 0.4) is 0 Å². The molecule has 0 bridgehead atoms. The van der Waals surface area contributed by atoms with Crippen molar-refractivity contribution >= 4 is 5.82 Å². The summed E-state index contributed by atoms with van der Waals surface area (Å²) in [5.74, 6) is 1.14. The number of nitrogens with one attached hydrogen (secondary N) is 1. The SMILES string of the molecule is Cc1cc(C)nc(N2CCCNCC2)c1. The molecule has 0 amide bonds. The van der Waals surface area contributed by atoms with E-state index >= 15 is 0 Å². The maximum atomic E-state index is 4.60. The number of aromatic nitrogens is 1. The Labute approximate surface area is 91.5 Å². The van der Waals surface area contributed by atoms with Gasteiger partial charge in [-0.15, -0.1) is 0 Å².